The minimum absolute atomic E-state index is 0.182. The molecule has 8 heteroatoms. The monoisotopic (exact) mass is 706 g/mol. The van der Waals surface area contributed by atoms with E-state index in [0.29, 0.717) is 33.0 Å². The van der Waals surface area contributed by atoms with Gasteiger partial charge in [-0.2, -0.15) is 0 Å². The fourth-order valence-corrected chi connectivity index (χ4v) is 8.91. The zero-order valence-corrected chi connectivity index (χ0v) is 32.2. The summed E-state index contributed by atoms with van der Waals surface area (Å²) in [6.45, 7) is 13.8. The summed E-state index contributed by atoms with van der Waals surface area (Å²) in [4.78, 5) is 0. The Hall–Kier alpha value is -2.88. The van der Waals surface area contributed by atoms with Crippen LogP contribution in [0.5, 0.6) is 17.2 Å². The molecule has 0 aromatic heterocycles. The Morgan fingerprint density at radius 2 is 1.00 bits per heavy atom. The third-order valence-corrected chi connectivity index (χ3v) is 12.6. The molecule has 0 N–H and O–H groups in total. The van der Waals surface area contributed by atoms with Crippen LogP contribution in [0.4, 0.5) is 0 Å². The van der Waals surface area contributed by atoms with Crippen LogP contribution in [0.2, 0.25) is 6.04 Å². The van der Waals surface area contributed by atoms with Gasteiger partial charge in [0.2, 0.25) is 0 Å². The van der Waals surface area contributed by atoms with E-state index in [2.05, 4.69) is 55.5 Å². The lowest BCUT2D eigenvalue weighted by Gasteiger charge is -2.40. The summed E-state index contributed by atoms with van der Waals surface area (Å²) < 4.78 is 41.4. The fourth-order valence-electron chi connectivity index (χ4n) is 6.22. The molecular formula is C42H62O7Si. The number of hydrogen-bond acceptors (Lipinski definition) is 7. The van der Waals surface area contributed by atoms with Gasteiger partial charge in [-0.05, 0) is 93.1 Å². The van der Waals surface area contributed by atoms with Gasteiger partial charge in [0, 0.05) is 25.9 Å². The molecule has 1 saturated heterocycles. The molecule has 1 fully saturated rings. The minimum Gasteiger partial charge on any atom is -0.494 e. The number of rotatable bonds is 27. The predicted molar refractivity (Wildman–Crippen MR) is 204 cm³/mol. The number of hydrogen-bond donors (Lipinski definition) is 0. The standard InChI is InChI=1S/C42H62O7Si/c1-5-42(33-43-34-42)35-46-41-24-18-36(19-25-41)32-45-40-28-22-38(23-29-40)37-20-26-39(27-21-37)44-30-16-14-12-10-9-11-13-15-17-31-50(47-6-2,48-7-3)49-8-4/h18-29H,5-17,30-35H2,1-4H3. The molecule has 50 heavy (non-hydrogen) atoms. The van der Waals surface area contributed by atoms with E-state index in [9.17, 15) is 0 Å². The van der Waals surface area contributed by atoms with Crippen LogP contribution in [0.25, 0.3) is 11.1 Å². The molecule has 0 bridgehead atoms. The lowest BCUT2D eigenvalue weighted by Crippen LogP contribution is -2.46. The highest BCUT2D eigenvalue weighted by atomic mass is 28.4. The largest absolute Gasteiger partial charge is 0.500 e. The molecule has 0 amide bonds. The quantitative estimate of drug-likeness (QED) is 0.0577. The molecule has 3 aromatic rings. The van der Waals surface area contributed by atoms with E-state index in [0.717, 1.165) is 79.1 Å². The molecule has 0 atom stereocenters. The van der Waals surface area contributed by atoms with Gasteiger partial charge in [-0.15, -0.1) is 0 Å². The number of benzene rings is 3. The van der Waals surface area contributed by atoms with Crippen LogP contribution in [0, 0.1) is 5.41 Å². The highest BCUT2D eigenvalue weighted by molar-refractivity contribution is 6.60. The Labute approximate surface area is 303 Å². The summed E-state index contributed by atoms with van der Waals surface area (Å²) in [5.41, 5.74) is 3.61. The maximum atomic E-state index is 6.05. The molecule has 1 aliphatic heterocycles. The molecule has 7 nitrogen and oxygen atoms in total. The zero-order chi connectivity index (χ0) is 35.3. The molecule has 0 unspecified atom stereocenters. The second kappa shape index (κ2) is 22.1. The van der Waals surface area contributed by atoms with Crippen molar-refractivity contribution in [3.8, 4) is 28.4 Å². The van der Waals surface area contributed by atoms with Crippen molar-refractivity contribution >= 4 is 8.80 Å². The first-order valence-corrected chi connectivity index (χ1v) is 21.1. The van der Waals surface area contributed by atoms with Crippen LogP contribution in [-0.2, 0) is 24.6 Å². The molecule has 276 valence electrons. The zero-order valence-electron chi connectivity index (χ0n) is 31.2. The van der Waals surface area contributed by atoms with Gasteiger partial charge in [0.05, 0.1) is 31.8 Å². The van der Waals surface area contributed by atoms with Crippen LogP contribution < -0.4 is 14.2 Å². The third-order valence-electron chi connectivity index (χ3n) is 9.47. The van der Waals surface area contributed by atoms with Crippen LogP contribution >= 0.6 is 0 Å². The van der Waals surface area contributed by atoms with Crippen molar-refractivity contribution in [3.63, 3.8) is 0 Å². The summed E-state index contributed by atoms with van der Waals surface area (Å²) >= 11 is 0. The van der Waals surface area contributed by atoms with Crippen LogP contribution in [-0.4, -0.2) is 55.1 Å². The normalized spacial score (nSPS) is 13.9. The van der Waals surface area contributed by atoms with E-state index in [1.54, 1.807) is 0 Å². The van der Waals surface area contributed by atoms with Gasteiger partial charge in [-0.1, -0.05) is 88.3 Å². The first-order chi connectivity index (χ1) is 24.5. The number of unbranched alkanes of at least 4 members (excludes halogenated alkanes) is 8. The second-order valence-electron chi connectivity index (χ2n) is 13.4. The van der Waals surface area contributed by atoms with Gasteiger partial charge in [-0.25, -0.2) is 0 Å². The lowest BCUT2D eigenvalue weighted by atomic mass is 9.84. The average molecular weight is 707 g/mol. The van der Waals surface area contributed by atoms with Crippen molar-refractivity contribution in [3.05, 3.63) is 78.4 Å². The van der Waals surface area contributed by atoms with Gasteiger partial charge < -0.3 is 32.2 Å². The summed E-state index contributed by atoms with van der Waals surface area (Å²) in [5, 5.41) is 0. The van der Waals surface area contributed by atoms with E-state index < -0.39 is 8.80 Å². The third kappa shape index (κ3) is 13.3. The molecule has 1 heterocycles. The van der Waals surface area contributed by atoms with Gasteiger partial charge in [-0.3, -0.25) is 0 Å². The molecular weight excluding hydrogens is 645 g/mol. The molecule has 0 aliphatic carbocycles. The Morgan fingerprint density at radius 1 is 0.540 bits per heavy atom. The summed E-state index contributed by atoms with van der Waals surface area (Å²) in [6.07, 6.45) is 12.2. The van der Waals surface area contributed by atoms with Crippen molar-refractivity contribution in [1.82, 2.24) is 0 Å². The Kier molecular flexibility index (Phi) is 17.7. The molecule has 0 saturated carbocycles. The molecule has 4 rings (SSSR count). The van der Waals surface area contributed by atoms with Crippen molar-refractivity contribution in [2.75, 3.05) is 46.2 Å². The lowest BCUT2D eigenvalue weighted by molar-refractivity contribution is -0.133. The summed E-state index contributed by atoms with van der Waals surface area (Å²) in [5.74, 6) is 2.67. The van der Waals surface area contributed by atoms with Gasteiger partial charge in [0.15, 0.2) is 0 Å². The maximum Gasteiger partial charge on any atom is 0.500 e. The van der Waals surface area contributed by atoms with Crippen LogP contribution in [0.3, 0.4) is 0 Å². The number of ether oxygens (including phenoxy) is 4. The maximum absolute atomic E-state index is 6.05. The first kappa shape index (κ1) is 39.9. The summed E-state index contributed by atoms with van der Waals surface area (Å²) in [7, 11) is -2.47. The van der Waals surface area contributed by atoms with E-state index in [1.807, 2.05) is 45.0 Å². The highest BCUT2D eigenvalue weighted by Crippen LogP contribution is 2.32. The van der Waals surface area contributed by atoms with Gasteiger partial charge in [0.1, 0.15) is 23.9 Å². The summed E-state index contributed by atoms with van der Waals surface area (Å²) in [6, 6.07) is 25.8. The highest BCUT2D eigenvalue weighted by Gasteiger charge is 2.39. The van der Waals surface area contributed by atoms with E-state index >= 15 is 0 Å². The van der Waals surface area contributed by atoms with Crippen molar-refractivity contribution in [2.45, 2.75) is 105 Å². The predicted octanol–water partition coefficient (Wildman–Crippen LogP) is 10.7. The smallest absolute Gasteiger partial charge is 0.494 e. The van der Waals surface area contributed by atoms with Crippen LogP contribution in [0.15, 0.2) is 72.8 Å². The Balaban J connectivity index is 1.03. The van der Waals surface area contributed by atoms with Crippen molar-refractivity contribution < 1.29 is 32.2 Å². The fraction of sp³-hybridized carbons (Fsp3) is 0.571. The Bertz CT molecular complexity index is 1290. The molecule has 0 radical (unpaired) electrons. The van der Waals surface area contributed by atoms with Crippen molar-refractivity contribution in [1.29, 1.82) is 0 Å². The molecule has 0 spiro atoms. The second-order valence-corrected chi connectivity index (χ2v) is 16.1. The molecule has 1 aliphatic rings. The van der Waals surface area contributed by atoms with Gasteiger partial charge >= 0.3 is 8.80 Å². The minimum atomic E-state index is -2.47. The SMILES string of the molecule is CCO[Si](CCCCCCCCCCCOc1ccc(-c2ccc(OCc3ccc(OCC4(CC)COC4)cc3)cc2)cc1)(OCC)OCC. The van der Waals surface area contributed by atoms with E-state index in [1.165, 1.54) is 44.9 Å². The first-order valence-electron chi connectivity index (χ1n) is 19.2. The van der Waals surface area contributed by atoms with Crippen molar-refractivity contribution in [2.24, 2.45) is 5.41 Å². The molecule has 3 aromatic carbocycles. The van der Waals surface area contributed by atoms with E-state index in [4.69, 9.17) is 32.2 Å². The van der Waals surface area contributed by atoms with Crippen LogP contribution in [0.1, 0.15) is 97.5 Å². The van der Waals surface area contributed by atoms with Gasteiger partial charge in [0.25, 0.3) is 0 Å². The van der Waals surface area contributed by atoms with E-state index in [-0.39, 0.29) is 5.41 Å². The average Bonchev–Trinajstić information content (AvgIpc) is 3.12. The Morgan fingerprint density at radius 3 is 1.48 bits per heavy atom. The topological polar surface area (TPSA) is 64.6 Å².